The quantitative estimate of drug-likeness (QED) is 0.830. The molecule has 134 valence electrons. The lowest BCUT2D eigenvalue weighted by Crippen LogP contribution is -2.54. The van der Waals surface area contributed by atoms with Crippen LogP contribution in [0.15, 0.2) is 24.5 Å². The largest absolute Gasteiger partial charge is 0.336 e. The molecule has 3 aliphatic heterocycles. The number of amides is 2. The number of carbonyl (C=O) groups excluding carboxylic acids is 2. The van der Waals surface area contributed by atoms with Crippen LogP contribution in [-0.4, -0.2) is 76.3 Å². The van der Waals surface area contributed by atoms with Crippen LogP contribution in [0, 0.1) is 0 Å². The van der Waals surface area contributed by atoms with Crippen LogP contribution in [0.5, 0.6) is 0 Å². The highest BCUT2D eigenvalue weighted by molar-refractivity contribution is 5.94. The van der Waals surface area contributed by atoms with Crippen LogP contribution >= 0.6 is 0 Å². The molecule has 3 aliphatic rings. The summed E-state index contributed by atoms with van der Waals surface area (Å²) >= 11 is 0. The normalized spacial score (nSPS) is 27.0. The molecule has 3 fully saturated rings. The summed E-state index contributed by atoms with van der Waals surface area (Å²) in [6.07, 6.45) is 8.09. The van der Waals surface area contributed by atoms with Crippen molar-refractivity contribution in [1.82, 2.24) is 19.7 Å². The first-order valence-electron chi connectivity index (χ1n) is 9.47. The Bertz CT molecular complexity index is 630. The van der Waals surface area contributed by atoms with Gasteiger partial charge in [-0.3, -0.25) is 14.6 Å². The van der Waals surface area contributed by atoms with E-state index in [1.165, 1.54) is 12.8 Å². The zero-order valence-corrected chi connectivity index (χ0v) is 14.6. The number of nitrogens with zero attached hydrogens (tertiary/aromatic N) is 4. The maximum atomic E-state index is 12.8. The topological polar surface area (TPSA) is 56.8 Å². The third-order valence-electron chi connectivity index (χ3n) is 5.91. The molecule has 0 spiro atoms. The molecule has 1 aromatic heterocycles. The summed E-state index contributed by atoms with van der Waals surface area (Å²) in [6.45, 7) is 4.81. The fourth-order valence-electron chi connectivity index (χ4n) is 4.60. The Morgan fingerprint density at radius 1 is 1.12 bits per heavy atom. The van der Waals surface area contributed by atoms with Crippen LogP contribution < -0.4 is 0 Å². The van der Waals surface area contributed by atoms with Crippen molar-refractivity contribution in [2.75, 3.05) is 32.7 Å². The van der Waals surface area contributed by atoms with E-state index >= 15 is 0 Å². The van der Waals surface area contributed by atoms with Crippen molar-refractivity contribution in [2.45, 2.75) is 44.2 Å². The van der Waals surface area contributed by atoms with Crippen molar-refractivity contribution in [3.8, 4) is 0 Å². The van der Waals surface area contributed by atoms with Gasteiger partial charge in [0.15, 0.2) is 0 Å². The second-order valence-corrected chi connectivity index (χ2v) is 7.34. The van der Waals surface area contributed by atoms with E-state index in [-0.39, 0.29) is 23.9 Å². The standard InChI is InChI=1S/C19H26N4O2/c24-18-6-5-16-17(22(18)13-12-21-9-1-2-10-21)7-11-23(16)19(25)15-4-3-8-20-14-15/h3-4,8,14,16-17H,1-2,5-7,9-13H2/t16-,17-/m1/s1. The zero-order valence-electron chi connectivity index (χ0n) is 14.6. The minimum absolute atomic E-state index is 0.0504. The molecule has 6 nitrogen and oxygen atoms in total. The van der Waals surface area contributed by atoms with Crippen molar-refractivity contribution in [1.29, 1.82) is 0 Å². The van der Waals surface area contributed by atoms with E-state index in [4.69, 9.17) is 0 Å². The average Bonchev–Trinajstić information content (AvgIpc) is 3.30. The van der Waals surface area contributed by atoms with E-state index in [0.29, 0.717) is 12.0 Å². The molecule has 1 aromatic rings. The Labute approximate surface area is 148 Å². The van der Waals surface area contributed by atoms with Crippen molar-refractivity contribution < 1.29 is 9.59 Å². The number of pyridine rings is 1. The second-order valence-electron chi connectivity index (χ2n) is 7.34. The van der Waals surface area contributed by atoms with Gasteiger partial charge in [-0.25, -0.2) is 0 Å². The molecule has 0 saturated carbocycles. The first-order chi connectivity index (χ1) is 12.2. The van der Waals surface area contributed by atoms with Gasteiger partial charge in [-0.1, -0.05) is 0 Å². The number of rotatable bonds is 4. The summed E-state index contributed by atoms with van der Waals surface area (Å²) in [5.74, 6) is 0.311. The van der Waals surface area contributed by atoms with Gasteiger partial charge in [0, 0.05) is 38.4 Å². The Balaban J connectivity index is 1.44. The lowest BCUT2D eigenvalue weighted by Gasteiger charge is -2.40. The molecule has 3 saturated heterocycles. The minimum atomic E-state index is 0.0504. The van der Waals surface area contributed by atoms with E-state index in [9.17, 15) is 9.59 Å². The number of hydrogen-bond donors (Lipinski definition) is 0. The lowest BCUT2D eigenvalue weighted by atomic mass is 9.96. The Morgan fingerprint density at radius 2 is 1.96 bits per heavy atom. The summed E-state index contributed by atoms with van der Waals surface area (Å²) in [6, 6.07) is 3.96. The molecular weight excluding hydrogens is 316 g/mol. The highest BCUT2D eigenvalue weighted by atomic mass is 16.2. The molecule has 0 aromatic carbocycles. The highest BCUT2D eigenvalue weighted by Gasteiger charge is 2.44. The molecule has 0 aliphatic carbocycles. The van der Waals surface area contributed by atoms with Crippen LogP contribution in [0.25, 0.3) is 0 Å². The lowest BCUT2D eigenvalue weighted by molar-refractivity contribution is -0.137. The monoisotopic (exact) mass is 342 g/mol. The zero-order chi connectivity index (χ0) is 17.2. The molecule has 6 heteroatoms. The maximum absolute atomic E-state index is 12.8. The molecular formula is C19H26N4O2. The van der Waals surface area contributed by atoms with E-state index in [0.717, 1.165) is 45.6 Å². The highest BCUT2D eigenvalue weighted by Crippen LogP contribution is 2.32. The van der Waals surface area contributed by atoms with Crippen LogP contribution in [-0.2, 0) is 4.79 Å². The van der Waals surface area contributed by atoms with Gasteiger partial charge in [0.2, 0.25) is 5.91 Å². The van der Waals surface area contributed by atoms with Crippen LogP contribution in [0.1, 0.15) is 42.5 Å². The van der Waals surface area contributed by atoms with Gasteiger partial charge in [0.25, 0.3) is 5.91 Å². The van der Waals surface area contributed by atoms with E-state index in [1.807, 2.05) is 11.0 Å². The third kappa shape index (κ3) is 3.27. The number of hydrogen-bond acceptors (Lipinski definition) is 4. The molecule has 2 atom stereocenters. The molecule has 4 rings (SSSR count). The van der Waals surface area contributed by atoms with E-state index in [1.54, 1.807) is 18.5 Å². The van der Waals surface area contributed by atoms with Crippen molar-refractivity contribution in [3.63, 3.8) is 0 Å². The predicted octanol–water partition coefficient (Wildman–Crippen LogP) is 1.38. The SMILES string of the molecule is O=C1CC[C@@H]2[C@@H](CCN2C(=O)c2cccnc2)N1CCN1CCCC1. The Hall–Kier alpha value is -1.95. The molecule has 0 N–H and O–H groups in total. The van der Waals surface area contributed by atoms with Crippen molar-refractivity contribution in [2.24, 2.45) is 0 Å². The predicted molar refractivity (Wildman–Crippen MR) is 94.1 cm³/mol. The molecule has 2 amide bonds. The van der Waals surface area contributed by atoms with Gasteiger partial charge in [-0.05, 0) is 50.9 Å². The fourth-order valence-corrected chi connectivity index (χ4v) is 4.60. The summed E-state index contributed by atoms with van der Waals surface area (Å²) < 4.78 is 0. The van der Waals surface area contributed by atoms with E-state index in [2.05, 4.69) is 14.8 Å². The molecule has 0 radical (unpaired) electrons. The van der Waals surface area contributed by atoms with E-state index < -0.39 is 0 Å². The summed E-state index contributed by atoms with van der Waals surface area (Å²) in [5, 5.41) is 0. The first-order valence-corrected chi connectivity index (χ1v) is 9.47. The minimum Gasteiger partial charge on any atom is -0.336 e. The van der Waals surface area contributed by atoms with Crippen LogP contribution in [0.4, 0.5) is 0 Å². The third-order valence-corrected chi connectivity index (χ3v) is 5.91. The number of fused-ring (bicyclic) bond motifs is 1. The molecule has 25 heavy (non-hydrogen) atoms. The number of carbonyl (C=O) groups is 2. The van der Waals surface area contributed by atoms with Gasteiger partial charge in [0.05, 0.1) is 17.6 Å². The van der Waals surface area contributed by atoms with Gasteiger partial charge >= 0.3 is 0 Å². The maximum Gasteiger partial charge on any atom is 0.255 e. The summed E-state index contributed by atoms with van der Waals surface area (Å²) in [5.41, 5.74) is 0.642. The van der Waals surface area contributed by atoms with Gasteiger partial charge < -0.3 is 14.7 Å². The Morgan fingerprint density at radius 3 is 2.72 bits per heavy atom. The number of likely N-dealkylation sites (tertiary alicyclic amines) is 3. The Kier molecular flexibility index (Phi) is 4.70. The fraction of sp³-hybridized carbons (Fsp3) is 0.632. The second kappa shape index (κ2) is 7.12. The number of aromatic nitrogens is 1. The van der Waals surface area contributed by atoms with Crippen molar-refractivity contribution in [3.05, 3.63) is 30.1 Å². The average molecular weight is 342 g/mol. The van der Waals surface area contributed by atoms with Crippen molar-refractivity contribution >= 4 is 11.8 Å². The summed E-state index contributed by atoms with van der Waals surface area (Å²) in [7, 11) is 0. The van der Waals surface area contributed by atoms with Gasteiger partial charge in [0.1, 0.15) is 0 Å². The molecule has 4 heterocycles. The first kappa shape index (κ1) is 16.5. The molecule has 0 bridgehead atoms. The number of piperidine rings is 1. The van der Waals surface area contributed by atoms with Gasteiger partial charge in [-0.2, -0.15) is 0 Å². The smallest absolute Gasteiger partial charge is 0.255 e. The van der Waals surface area contributed by atoms with Crippen LogP contribution in [0.3, 0.4) is 0 Å². The van der Waals surface area contributed by atoms with Gasteiger partial charge in [-0.15, -0.1) is 0 Å². The molecule has 0 unspecified atom stereocenters. The summed E-state index contributed by atoms with van der Waals surface area (Å²) in [4.78, 5) is 35.9. The van der Waals surface area contributed by atoms with Crippen LogP contribution in [0.2, 0.25) is 0 Å².